The number of carbonyl (C=O) groups is 2. The van der Waals surface area contributed by atoms with Crippen molar-refractivity contribution in [1.29, 1.82) is 0 Å². The minimum Gasteiger partial charge on any atom is -0.456 e. The average molecular weight is 372 g/mol. The van der Waals surface area contributed by atoms with Crippen molar-refractivity contribution in [2.75, 3.05) is 13.4 Å². The molecule has 0 saturated carbocycles. The molecule has 0 bridgehead atoms. The molecular formula is C16H12N4O5S. The van der Waals surface area contributed by atoms with Crippen molar-refractivity contribution in [3.63, 3.8) is 0 Å². The van der Waals surface area contributed by atoms with Gasteiger partial charge in [0.15, 0.2) is 30.4 Å². The van der Waals surface area contributed by atoms with Crippen LogP contribution in [0.4, 0.5) is 0 Å². The molecular weight excluding hydrogens is 360 g/mol. The van der Waals surface area contributed by atoms with E-state index in [9.17, 15) is 9.59 Å². The van der Waals surface area contributed by atoms with Gasteiger partial charge in [0.05, 0.1) is 0 Å². The van der Waals surface area contributed by atoms with E-state index in [1.807, 2.05) is 16.8 Å². The van der Waals surface area contributed by atoms with E-state index >= 15 is 0 Å². The SMILES string of the molecule is O=C(Cn1nnc(-c2ccsc2)n1)OCC(=O)c1ccc2c(c1)OCO2. The molecule has 0 radical (unpaired) electrons. The molecule has 4 rings (SSSR count). The van der Waals surface area contributed by atoms with Gasteiger partial charge in [-0.2, -0.15) is 16.1 Å². The molecule has 9 nitrogen and oxygen atoms in total. The molecule has 3 aromatic rings. The predicted molar refractivity (Wildman–Crippen MR) is 89.0 cm³/mol. The van der Waals surface area contributed by atoms with Crippen LogP contribution in [-0.4, -0.2) is 45.4 Å². The molecule has 0 atom stereocenters. The second-order valence-corrected chi connectivity index (χ2v) is 6.09. The summed E-state index contributed by atoms with van der Waals surface area (Å²) in [6.07, 6.45) is 0. The van der Waals surface area contributed by atoms with Crippen molar-refractivity contribution in [1.82, 2.24) is 20.2 Å². The highest BCUT2D eigenvalue weighted by atomic mass is 32.1. The van der Waals surface area contributed by atoms with Crippen molar-refractivity contribution < 1.29 is 23.8 Å². The number of hydrogen-bond donors (Lipinski definition) is 0. The van der Waals surface area contributed by atoms with Crippen LogP contribution in [0.2, 0.25) is 0 Å². The molecule has 0 aliphatic carbocycles. The average Bonchev–Trinajstić information content (AvgIpc) is 3.38. The van der Waals surface area contributed by atoms with Gasteiger partial charge in [0.25, 0.3) is 0 Å². The van der Waals surface area contributed by atoms with Gasteiger partial charge < -0.3 is 14.2 Å². The number of thiophene rings is 1. The number of benzene rings is 1. The lowest BCUT2D eigenvalue weighted by Crippen LogP contribution is -2.19. The summed E-state index contributed by atoms with van der Waals surface area (Å²) >= 11 is 1.51. The number of esters is 1. The number of nitrogens with zero attached hydrogens (tertiary/aromatic N) is 4. The fourth-order valence-corrected chi connectivity index (χ4v) is 2.91. The van der Waals surface area contributed by atoms with E-state index in [4.69, 9.17) is 14.2 Å². The Labute approximate surface area is 151 Å². The van der Waals surface area contributed by atoms with Gasteiger partial charge in [0.2, 0.25) is 12.6 Å². The summed E-state index contributed by atoms with van der Waals surface area (Å²) in [6, 6.07) is 6.65. The summed E-state index contributed by atoms with van der Waals surface area (Å²) in [6.45, 7) is -0.490. The molecule has 10 heteroatoms. The third kappa shape index (κ3) is 3.40. The Bertz CT molecular complexity index is 953. The molecule has 1 aromatic carbocycles. The van der Waals surface area contributed by atoms with E-state index in [1.54, 1.807) is 18.2 Å². The van der Waals surface area contributed by atoms with Crippen LogP contribution in [0.3, 0.4) is 0 Å². The Morgan fingerprint density at radius 3 is 2.96 bits per heavy atom. The van der Waals surface area contributed by atoms with E-state index in [1.165, 1.54) is 11.3 Å². The van der Waals surface area contributed by atoms with Gasteiger partial charge >= 0.3 is 5.97 Å². The topological polar surface area (TPSA) is 105 Å². The van der Waals surface area contributed by atoms with Crippen molar-refractivity contribution >= 4 is 23.1 Å². The number of fused-ring (bicyclic) bond motifs is 1. The van der Waals surface area contributed by atoms with Crippen molar-refractivity contribution in [2.45, 2.75) is 6.54 Å². The largest absolute Gasteiger partial charge is 0.456 e. The number of rotatable bonds is 6. The molecule has 0 N–H and O–H groups in total. The lowest BCUT2D eigenvalue weighted by atomic mass is 10.1. The zero-order valence-corrected chi connectivity index (χ0v) is 14.1. The lowest BCUT2D eigenvalue weighted by molar-refractivity contribution is -0.143. The van der Waals surface area contributed by atoms with E-state index in [-0.39, 0.29) is 25.7 Å². The smallest absolute Gasteiger partial charge is 0.330 e. The molecule has 1 aliphatic rings. The van der Waals surface area contributed by atoms with Crippen LogP contribution in [0.5, 0.6) is 11.5 Å². The molecule has 26 heavy (non-hydrogen) atoms. The van der Waals surface area contributed by atoms with E-state index in [2.05, 4.69) is 15.4 Å². The first kappa shape index (κ1) is 16.2. The Hall–Kier alpha value is -3.27. The number of hydrogen-bond acceptors (Lipinski definition) is 9. The maximum Gasteiger partial charge on any atom is 0.330 e. The van der Waals surface area contributed by atoms with Crippen LogP contribution in [0, 0.1) is 0 Å². The van der Waals surface area contributed by atoms with Crippen LogP contribution < -0.4 is 9.47 Å². The Morgan fingerprint density at radius 1 is 1.23 bits per heavy atom. The van der Waals surface area contributed by atoms with Crippen molar-refractivity contribution in [3.05, 3.63) is 40.6 Å². The molecule has 0 saturated heterocycles. The summed E-state index contributed by atoms with van der Waals surface area (Å²) in [7, 11) is 0. The minimum atomic E-state index is -0.631. The van der Waals surface area contributed by atoms with Gasteiger partial charge in [-0.05, 0) is 34.9 Å². The van der Waals surface area contributed by atoms with Gasteiger partial charge in [0, 0.05) is 16.5 Å². The summed E-state index contributed by atoms with van der Waals surface area (Å²) in [5.74, 6) is 0.526. The fourth-order valence-electron chi connectivity index (χ4n) is 2.28. The van der Waals surface area contributed by atoms with Crippen molar-refractivity contribution in [2.24, 2.45) is 0 Å². The number of carbonyl (C=O) groups excluding carboxylic acids is 2. The second-order valence-electron chi connectivity index (χ2n) is 5.31. The summed E-state index contributed by atoms with van der Waals surface area (Å²) in [4.78, 5) is 25.1. The van der Waals surface area contributed by atoms with Crippen LogP contribution in [-0.2, 0) is 16.1 Å². The zero-order chi connectivity index (χ0) is 17.9. The van der Waals surface area contributed by atoms with Crippen LogP contribution in [0.15, 0.2) is 35.0 Å². The second kappa shape index (κ2) is 6.92. The fraction of sp³-hybridized carbons (Fsp3) is 0.188. The molecule has 0 unspecified atom stereocenters. The number of Topliss-reactive ketones (excluding diaryl/α,β-unsaturated/α-hetero) is 1. The third-order valence-electron chi connectivity index (χ3n) is 3.56. The van der Waals surface area contributed by atoms with Gasteiger partial charge in [0.1, 0.15) is 0 Å². The molecule has 1 aliphatic heterocycles. The van der Waals surface area contributed by atoms with E-state index < -0.39 is 5.97 Å². The number of ketones is 1. The molecule has 2 aromatic heterocycles. The molecule has 0 spiro atoms. The first-order valence-corrected chi connectivity index (χ1v) is 8.52. The highest BCUT2D eigenvalue weighted by Crippen LogP contribution is 2.32. The zero-order valence-electron chi connectivity index (χ0n) is 13.3. The monoisotopic (exact) mass is 372 g/mol. The normalized spacial score (nSPS) is 12.2. The number of tetrazole rings is 1. The van der Waals surface area contributed by atoms with E-state index in [0.717, 1.165) is 10.4 Å². The summed E-state index contributed by atoms with van der Waals surface area (Å²) in [5.41, 5.74) is 1.20. The van der Waals surface area contributed by atoms with Crippen molar-refractivity contribution in [3.8, 4) is 22.9 Å². The Morgan fingerprint density at radius 2 is 2.12 bits per heavy atom. The number of ether oxygens (including phenoxy) is 3. The van der Waals surface area contributed by atoms with Crippen LogP contribution >= 0.6 is 11.3 Å². The maximum absolute atomic E-state index is 12.1. The molecule has 3 heterocycles. The van der Waals surface area contributed by atoms with E-state index in [0.29, 0.717) is 22.9 Å². The lowest BCUT2D eigenvalue weighted by Gasteiger charge is -2.04. The summed E-state index contributed by atoms with van der Waals surface area (Å²) in [5, 5.41) is 15.6. The number of aromatic nitrogens is 4. The highest BCUT2D eigenvalue weighted by Gasteiger charge is 2.18. The molecule has 132 valence electrons. The predicted octanol–water partition coefficient (Wildman–Crippen LogP) is 1.56. The molecule has 0 amide bonds. The first-order valence-electron chi connectivity index (χ1n) is 7.58. The Kier molecular flexibility index (Phi) is 4.32. The quantitative estimate of drug-likeness (QED) is 0.474. The van der Waals surface area contributed by atoms with Crippen LogP contribution in [0.25, 0.3) is 11.4 Å². The van der Waals surface area contributed by atoms with Gasteiger partial charge in [-0.3, -0.25) is 4.79 Å². The van der Waals surface area contributed by atoms with Gasteiger partial charge in [-0.1, -0.05) is 0 Å². The Balaban J connectivity index is 1.32. The molecule has 0 fully saturated rings. The highest BCUT2D eigenvalue weighted by molar-refractivity contribution is 7.08. The minimum absolute atomic E-state index is 0.125. The van der Waals surface area contributed by atoms with Gasteiger partial charge in [-0.15, -0.1) is 10.2 Å². The summed E-state index contributed by atoms with van der Waals surface area (Å²) < 4.78 is 15.4. The maximum atomic E-state index is 12.1. The first-order chi connectivity index (χ1) is 12.7. The third-order valence-corrected chi connectivity index (χ3v) is 4.24. The standard InChI is InChI=1S/C16H12N4O5S/c21-12(10-1-2-13-14(5-10)25-9-24-13)7-23-15(22)6-20-18-16(17-19-20)11-3-4-26-8-11/h1-5,8H,6-7,9H2. The van der Waals surface area contributed by atoms with Gasteiger partial charge in [-0.25, -0.2) is 4.79 Å². The van der Waals surface area contributed by atoms with Crippen LogP contribution in [0.1, 0.15) is 10.4 Å².